The standard InChI is InChI=1S/C32H58N6O2/c1-29(2,3)27-23-34-28(24-33-27)38-17-15-36(16-18-38)19-21-39-31(7)10-12-32(8,13-11-31)40-22-20-37-14-9-26(25-37)35-30(4,5)6/h23-24,26,35H,9-22,25H2,1-8H3/t26-,31-,32+/m0/s1. The molecular formula is C32H58N6O2. The Morgan fingerprint density at radius 3 is 1.88 bits per heavy atom. The highest BCUT2D eigenvalue weighted by Gasteiger charge is 2.39. The van der Waals surface area contributed by atoms with Crippen LogP contribution in [0.2, 0.25) is 0 Å². The molecule has 4 rings (SSSR count). The van der Waals surface area contributed by atoms with E-state index < -0.39 is 0 Å². The number of anilines is 1. The first kappa shape index (κ1) is 31.6. The molecule has 40 heavy (non-hydrogen) atoms. The molecule has 2 saturated heterocycles. The third-order valence-corrected chi connectivity index (χ3v) is 9.09. The van der Waals surface area contributed by atoms with E-state index in [0.717, 1.165) is 96.2 Å². The average molecular weight is 559 g/mol. The van der Waals surface area contributed by atoms with E-state index in [2.05, 4.69) is 80.4 Å². The first-order chi connectivity index (χ1) is 18.7. The van der Waals surface area contributed by atoms with Gasteiger partial charge in [-0.2, -0.15) is 0 Å². The number of aromatic nitrogens is 2. The molecule has 228 valence electrons. The summed E-state index contributed by atoms with van der Waals surface area (Å²) in [7, 11) is 0. The van der Waals surface area contributed by atoms with Crippen LogP contribution in [0.15, 0.2) is 12.4 Å². The zero-order chi connectivity index (χ0) is 29.0. The Morgan fingerprint density at radius 2 is 1.38 bits per heavy atom. The van der Waals surface area contributed by atoms with Crippen molar-refractivity contribution in [1.29, 1.82) is 0 Å². The Labute approximate surface area is 244 Å². The summed E-state index contributed by atoms with van der Waals surface area (Å²) >= 11 is 0. The minimum Gasteiger partial charge on any atom is -0.374 e. The van der Waals surface area contributed by atoms with Gasteiger partial charge in [0.2, 0.25) is 0 Å². The van der Waals surface area contributed by atoms with Crippen LogP contribution in [-0.4, -0.2) is 108 Å². The van der Waals surface area contributed by atoms with Crippen LogP contribution in [0.1, 0.15) is 93.2 Å². The zero-order valence-electron chi connectivity index (χ0n) is 26.9. The molecule has 1 N–H and O–H groups in total. The van der Waals surface area contributed by atoms with Gasteiger partial charge < -0.3 is 19.7 Å². The molecule has 1 aromatic rings. The van der Waals surface area contributed by atoms with E-state index in [1.54, 1.807) is 0 Å². The fourth-order valence-electron chi connectivity index (χ4n) is 6.28. The quantitative estimate of drug-likeness (QED) is 0.451. The van der Waals surface area contributed by atoms with Crippen LogP contribution in [-0.2, 0) is 14.9 Å². The van der Waals surface area contributed by atoms with Gasteiger partial charge in [-0.05, 0) is 73.3 Å². The van der Waals surface area contributed by atoms with E-state index in [-0.39, 0.29) is 22.2 Å². The van der Waals surface area contributed by atoms with Gasteiger partial charge in [-0.15, -0.1) is 0 Å². The van der Waals surface area contributed by atoms with E-state index in [1.807, 2.05) is 12.4 Å². The third-order valence-electron chi connectivity index (χ3n) is 9.09. The maximum atomic E-state index is 6.51. The molecule has 3 aliphatic rings. The first-order valence-corrected chi connectivity index (χ1v) is 15.8. The van der Waals surface area contributed by atoms with Crippen LogP contribution in [0.5, 0.6) is 0 Å². The van der Waals surface area contributed by atoms with Crippen molar-refractivity contribution in [3.8, 4) is 0 Å². The van der Waals surface area contributed by atoms with Crippen LogP contribution < -0.4 is 10.2 Å². The average Bonchev–Trinajstić information content (AvgIpc) is 3.32. The molecule has 1 atom stereocenters. The Bertz CT molecular complexity index is 909. The zero-order valence-corrected chi connectivity index (χ0v) is 26.9. The second-order valence-electron chi connectivity index (χ2n) is 15.1. The monoisotopic (exact) mass is 558 g/mol. The lowest BCUT2D eigenvalue weighted by atomic mass is 9.77. The molecule has 1 aliphatic carbocycles. The number of likely N-dealkylation sites (tertiary alicyclic amines) is 1. The predicted molar refractivity (Wildman–Crippen MR) is 164 cm³/mol. The first-order valence-electron chi connectivity index (χ1n) is 15.8. The Morgan fingerprint density at radius 1 is 0.800 bits per heavy atom. The highest BCUT2D eigenvalue weighted by molar-refractivity contribution is 5.37. The van der Waals surface area contributed by atoms with E-state index in [4.69, 9.17) is 14.5 Å². The van der Waals surface area contributed by atoms with Crippen LogP contribution in [0, 0.1) is 0 Å². The highest BCUT2D eigenvalue weighted by Crippen LogP contribution is 2.39. The largest absolute Gasteiger partial charge is 0.374 e. The third kappa shape index (κ3) is 9.35. The maximum Gasteiger partial charge on any atom is 0.147 e. The van der Waals surface area contributed by atoms with Crippen LogP contribution in [0.4, 0.5) is 5.82 Å². The van der Waals surface area contributed by atoms with Gasteiger partial charge in [0.25, 0.3) is 0 Å². The van der Waals surface area contributed by atoms with Gasteiger partial charge in [-0.1, -0.05) is 20.8 Å². The number of hydrogen-bond acceptors (Lipinski definition) is 8. The van der Waals surface area contributed by atoms with Crippen molar-refractivity contribution in [3.63, 3.8) is 0 Å². The number of nitrogens with one attached hydrogen (secondary N) is 1. The summed E-state index contributed by atoms with van der Waals surface area (Å²) in [6.07, 6.45) is 9.40. The minimum absolute atomic E-state index is 0.0179. The van der Waals surface area contributed by atoms with Crippen LogP contribution >= 0.6 is 0 Å². The summed E-state index contributed by atoms with van der Waals surface area (Å²) in [6.45, 7) is 27.9. The molecule has 0 radical (unpaired) electrons. The Hall–Kier alpha value is -1.32. The second-order valence-corrected chi connectivity index (χ2v) is 15.1. The van der Waals surface area contributed by atoms with Crippen LogP contribution in [0.25, 0.3) is 0 Å². The Kier molecular flexibility index (Phi) is 10.2. The summed E-state index contributed by atoms with van der Waals surface area (Å²) in [5.41, 5.74) is 1.21. The van der Waals surface area contributed by atoms with Crippen molar-refractivity contribution in [1.82, 2.24) is 25.1 Å². The molecule has 1 saturated carbocycles. The molecule has 3 heterocycles. The van der Waals surface area contributed by atoms with E-state index in [1.165, 1.54) is 13.0 Å². The normalized spacial score (nSPS) is 29.3. The van der Waals surface area contributed by atoms with Gasteiger partial charge in [0.1, 0.15) is 5.82 Å². The van der Waals surface area contributed by atoms with Gasteiger partial charge in [0, 0.05) is 62.8 Å². The summed E-state index contributed by atoms with van der Waals surface area (Å²) in [6, 6.07) is 0.604. The molecule has 1 aromatic heterocycles. The van der Waals surface area contributed by atoms with Gasteiger partial charge >= 0.3 is 0 Å². The molecule has 0 spiro atoms. The van der Waals surface area contributed by atoms with Gasteiger partial charge in [0.15, 0.2) is 0 Å². The molecule has 0 bridgehead atoms. The van der Waals surface area contributed by atoms with Crippen molar-refractivity contribution >= 4 is 5.82 Å². The van der Waals surface area contributed by atoms with E-state index in [9.17, 15) is 0 Å². The molecule has 3 fully saturated rings. The maximum absolute atomic E-state index is 6.51. The molecular weight excluding hydrogens is 500 g/mol. The fraction of sp³-hybridized carbons (Fsp3) is 0.875. The van der Waals surface area contributed by atoms with Crippen molar-refractivity contribution in [2.75, 3.05) is 70.5 Å². The second kappa shape index (κ2) is 12.9. The summed E-state index contributed by atoms with van der Waals surface area (Å²) in [4.78, 5) is 16.8. The highest BCUT2D eigenvalue weighted by atomic mass is 16.5. The number of nitrogens with zero attached hydrogens (tertiary/aromatic N) is 5. The number of hydrogen-bond donors (Lipinski definition) is 1. The van der Waals surface area contributed by atoms with E-state index in [0.29, 0.717) is 6.04 Å². The lowest BCUT2D eigenvalue weighted by molar-refractivity contribution is -0.129. The van der Waals surface area contributed by atoms with Crippen molar-refractivity contribution in [3.05, 3.63) is 18.1 Å². The van der Waals surface area contributed by atoms with Crippen molar-refractivity contribution in [2.24, 2.45) is 0 Å². The van der Waals surface area contributed by atoms with Gasteiger partial charge in [0.05, 0.1) is 42.5 Å². The van der Waals surface area contributed by atoms with E-state index >= 15 is 0 Å². The molecule has 0 unspecified atom stereocenters. The number of piperazine rings is 1. The fourth-order valence-corrected chi connectivity index (χ4v) is 6.28. The number of rotatable bonds is 10. The molecule has 2 aliphatic heterocycles. The van der Waals surface area contributed by atoms with Crippen molar-refractivity contribution in [2.45, 2.75) is 116 Å². The molecule has 8 nitrogen and oxygen atoms in total. The lowest BCUT2D eigenvalue weighted by Crippen LogP contribution is -2.48. The topological polar surface area (TPSA) is 66.0 Å². The molecule has 0 amide bonds. The predicted octanol–water partition coefficient (Wildman–Crippen LogP) is 4.48. The molecule has 0 aromatic carbocycles. The number of ether oxygens (including phenoxy) is 2. The minimum atomic E-state index is -0.0319. The Balaban J connectivity index is 1.09. The van der Waals surface area contributed by atoms with Gasteiger partial charge in [-0.3, -0.25) is 14.8 Å². The van der Waals surface area contributed by atoms with Crippen LogP contribution in [0.3, 0.4) is 0 Å². The SMILES string of the molecule is CC(C)(C)N[C@H]1CCN(CCO[C@]2(C)CC[C@](C)(OCCN3CCN(c4cnc(C(C)(C)C)cn4)CC3)CC2)C1. The summed E-state index contributed by atoms with van der Waals surface area (Å²) in [5.74, 6) is 0.992. The summed E-state index contributed by atoms with van der Waals surface area (Å²) in [5, 5.41) is 3.75. The molecule has 8 heteroatoms. The smallest absolute Gasteiger partial charge is 0.147 e. The van der Waals surface area contributed by atoms with Gasteiger partial charge in [-0.25, -0.2) is 4.98 Å². The summed E-state index contributed by atoms with van der Waals surface area (Å²) < 4.78 is 13.0. The lowest BCUT2D eigenvalue weighted by Gasteiger charge is -2.43. The van der Waals surface area contributed by atoms with Crippen molar-refractivity contribution < 1.29 is 9.47 Å².